The number of carbonyl (C=O) groups excluding carboxylic acids is 1. The third kappa shape index (κ3) is 4.85. The van der Waals surface area contributed by atoms with Crippen LogP contribution in [-0.2, 0) is 9.53 Å². The zero-order chi connectivity index (χ0) is 10.1. The molecule has 0 aliphatic carbocycles. The quantitative estimate of drug-likeness (QED) is 0.605. The first-order chi connectivity index (χ1) is 6.34. The maximum atomic E-state index is 11.1. The van der Waals surface area contributed by atoms with Crippen molar-refractivity contribution >= 4 is 5.97 Å². The van der Waals surface area contributed by atoms with Crippen molar-refractivity contribution in [2.75, 3.05) is 26.2 Å². The standard InChI is InChI=1S/C7H14N2O2.C2H6/c1-2-11-7(10)6-5-8-3-4-9-6;1-2/h6,8-9H,2-5H2,1H3;1-2H3. The minimum absolute atomic E-state index is 0.149. The van der Waals surface area contributed by atoms with Gasteiger partial charge in [0.25, 0.3) is 0 Å². The number of rotatable bonds is 2. The van der Waals surface area contributed by atoms with Crippen LogP contribution in [0, 0.1) is 0 Å². The highest BCUT2D eigenvalue weighted by Gasteiger charge is 2.20. The fourth-order valence-corrected chi connectivity index (χ4v) is 1.06. The predicted molar refractivity (Wildman–Crippen MR) is 52.6 cm³/mol. The van der Waals surface area contributed by atoms with Crippen LogP contribution < -0.4 is 10.6 Å². The van der Waals surface area contributed by atoms with Gasteiger partial charge in [0.1, 0.15) is 6.04 Å². The van der Waals surface area contributed by atoms with Crippen molar-refractivity contribution in [1.29, 1.82) is 0 Å². The molecule has 0 aromatic heterocycles. The smallest absolute Gasteiger partial charge is 0.324 e. The largest absolute Gasteiger partial charge is 0.465 e. The highest BCUT2D eigenvalue weighted by Crippen LogP contribution is 1.90. The van der Waals surface area contributed by atoms with Gasteiger partial charge in [-0.2, -0.15) is 0 Å². The first-order valence-corrected chi connectivity index (χ1v) is 4.95. The van der Waals surface area contributed by atoms with Gasteiger partial charge in [0, 0.05) is 19.6 Å². The molecule has 78 valence electrons. The molecule has 1 atom stereocenters. The molecule has 4 nitrogen and oxygen atoms in total. The number of nitrogens with one attached hydrogen (secondary N) is 2. The molecule has 1 heterocycles. The normalized spacial score (nSPS) is 21.3. The Labute approximate surface area is 80.0 Å². The van der Waals surface area contributed by atoms with E-state index in [1.807, 2.05) is 20.8 Å². The van der Waals surface area contributed by atoms with Crippen LogP contribution in [0.1, 0.15) is 20.8 Å². The van der Waals surface area contributed by atoms with Crippen LogP contribution in [0.25, 0.3) is 0 Å². The maximum Gasteiger partial charge on any atom is 0.324 e. The lowest BCUT2D eigenvalue weighted by Crippen LogP contribution is -2.52. The van der Waals surface area contributed by atoms with Crippen molar-refractivity contribution in [3.05, 3.63) is 0 Å². The molecule has 0 saturated carbocycles. The molecular weight excluding hydrogens is 168 g/mol. The number of hydrogen-bond acceptors (Lipinski definition) is 4. The minimum atomic E-state index is -0.153. The van der Waals surface area contributed by atoms with Gasteiger partial charge < -0.3 is 15.4 Å². The second-order valence-corrected chi connectivity index (χ2v) is 2.46. The van der Waals surface area contributed by atoms with E-state index in [2.05, 4.69) is 10.6 Å². The third-order valence-electron chi connectivity index (χ3n) is 1.61. The van der Waals surface area contributed by atoms with Crippen LogP contribution in [0.5, 0.6) is 0 Å². The second-order valence-electron chi connectivity index (χ2n) is 2.46. The van der Waals surface area contributed by atoms with Crippen LogP contribution in [0.2, 0.25) is 0 Å². The van der Waals surface area contributed by atoms with Crippen molar-refractivity contribution in [2.24, 2.45) is 0 Å². The maximum absolute atomic E-state index is 11.1. The molecule has 0 spiro atoms. The van der Waals surface area contributed by atoms with Crippen molar-refractivity contribution in [3.8, 4) is 0 Å². The Balaban J connectivity index is 0.000000671. The Bertz CT molecular complexity index is 134. The van der Waals surface area contributed by atoms with E-state index in [-0.39, 0.29) is 12.0 Å². The Morgan fingerprint density at radius 3 is 2.62 bits per heavy atom. The number of piperazine rings is 1. The topological polar surface area (TPSA) is 50.4 Å². The van der Waals surface area contributed by atoms with Gasteiger partial charge in [-0.1, -0.05) is 13.8 Å². The van der Waals surface area contributed by atoms with Crippen LogP contribution in [0.15, 0.2) is 0 Å². The van der Waals surface area contributed by atoms with Crippen molar-refractivity contribution < 1.29 is 9.53 Å². The van der Waals surface area contributed by atoms with Crippen LogP contribution >= 0.6 is 0 Å². The lowest BCUT2D eigenvalue weighted by Gasteiger charge is -2.22. The zero-order valence-corrected chi connectivity index (χ0v) is 8.72. The van der Waals surface area contributed by atoms with E-state index in [0.29, 0.717) is 13.2 Å². The summed E-state index contributed by atoms with van der Waals surface area (Å²) in [6.07, 6.45) is 0. The first-order valence-electron chi connectivity index (χ1n) is 4.95. The number of carbonyl (C=O) groups is 1. The fourth-order valence-electron chi connectivity index (χ4n) is 1.06. The number of hydrogen-bond donors (Lipinski definition) is 2. The number of ether oxygens (including phenoxy) is 1. The Kier molecular flexibility index (Phi) is 7.63. The molecule has 4 heteroatoms. The highest BCUT2D eigenvalue weighted by atomic mass is 16.5. The van der Waals surface area contributed by atoms with Crippen LogP contribution in [-0.4, -0.2) is 38.3 Å². The summed E-state index contributed by atoms with van der Waals surface area (Å²) >= 11 is 0. The molecule has 0 bridgehead atoms. The molecule has 1 aliphatic rings. The van der Waals surface area contributed by atoms with E-state index in [1.165, 1.54) is 0 Å². The Morgan fingerprint density at radius 2 is 2.15 bits per heavy atom. The molecule has 0 aromatic carbocycles. The van der Waals surface area contributed by atoms with Crippen LogP contribution in [0.3, 0.4) is 0 Å². The molecule has 13 heavy (non-hydrogen) atoms. The molecule has 0 radical (unpaired) electrons. The Hall–Kier alpha value is -0.610. The lowest BCUT2D eigenvalue weighted by atomic mass is 10.2. The lowest BCUT2D eigenvalue weighted by molar-refractivity contribution is -0.145. The van der Waals surface area contributed by atoms with Crippen molar-refractivity contribution in [3.63, 3.8) is 0 Å². The molecule has 1 fully saturated rings. The average molecular weight is 188 g/mol. The summed E-state index contributed by atoms with van der Waals surface area (Å²) in [5, 5.41) is 6.18. The van der Waals surface area contributed by atoms with Crippen molar-refractivity contribution in [2.45, 2.75) is 26.8 Å². The average Bonchev–Trinajstić information content (AvgIpc) is 2.23. The minimum Gasteiger partial charge on any atom is -0.465 e. The molecule has 1 aliphatic heterocycles. The Morgan fingerprint density at radius 1 is 1.46 bits per heavy atom. The van der Waals surface area contributed by atoms with E-state index in [4.69, 9.17) is 4.74 Å². The van der Waals surface area contributed by atoms with Gasteiger partial charge in [-0.3, -0.25) is 4.79 Å². The van der Waals surface area contributed by atoms with Gasteiger partial charge in [-0.25, -0.2) is 0 Å². The summed E-state index contributed by atoms with van der Waals surface area (Å²) in [5.74, 6) is -0.153. The first kappa shape index (κ1) is 12.4. The summed E-state index contributed by atoms with van der Waals surface area (Å²) < 4.78 is 4.84. The molecule has 0 amide bonds. The zero-order valence-electron chi connectivity index (χ0n) is 8.72. The highest BCUT2D eigenvalue weighted by molar-refractivity contribution is 5.76. The monoisotopic (exact) mass is 188 g/mol. The molecule has 1 rings (SSSR count). The van der Waals surface area contributed by atoms with E-state index < -0.39 is 0 Å². The molecule has 2 N–H and O–H groups in total. The molecule has 0 aromatic rings. The van der Waals surface area contributed by atoms with Gasteiger partial charge in [0.15, 0.2) is 0 Å². The number of esters is 1. The molecule has 1 saturated heterocycles. The molecular formula is C9H20N2O2. The van der Waals surface area contributed by atoms with Gasteiger partial charge in [-0.05, 0) is 6.92 Å². The van der Waals surface area contributed by atoms with E-state index >= 15 is 0 Å². The summed E-state index contributed by atoms with van der Waals surface area (Å²) in [4.78, 5) is 11.1. The van der Waals surface area contributed by atoms with Crippen molar-refractivity contribution in [1.82, 2.24) is 10.6 Å². The summed E-state index contributed by atoms with van der Waals surface area (Å²) in [6.45, 7) is 8.71. The molecule has 1 unspecified atom stereocenters. The summed E-state index contributed by atoms with van der Waals surface area (Å²) in [5.41, 5.74) is 0. The van der Waals surface area contributed by atoms with Gasteiger partial charge in [0.05, 0.1) is 6.61 Å². The van der Waals surface area contributed by atoms with Crippen LogP contribution in [0.4, 0.5) is 0 Å². The second kappa shape index (κ2) is 8.01. The van der Waals surface area contributed by atoms with Gasteiger partial charge in [0.2, 0.25) is 0 Å². The third-order valence-corrected chi connectivity index (χ3v) is 1.61. The SMILES string of the molecule is CC.CCOC(=O)C1CNCCN1. The van der Waals surface area contributed by atoms with Gasteiger partial charge in [-0.15, -0.1) is 0 Å². The summed E-state index contributed by atoms with van der Waals surface area (Å²) in [7, 11) is 0. The van der Waals surface area contributed by atoms with E-state index in [0.717, 1.165) is 13.1 Å². The van der Waals surface area contributed by atoms with E-state index in [9.17, 15) is 4.79 Å². The predicted octanol–water partition coefficient (Wildman–Crippen LogP) is 0.137. The van der Waals surface area contributed by atoms with E-state index in [1.54, 1.807) is 0 Å². The fraction of sp³-hybridized carbons (Fsp3) is 0.889. The van der Waals surface area contributed by atoms with Gasteiger partial charge >= 0.3 is 5.97 Å². The summed E-state index contributed by atoms with van der Waals surface area (Å²) in [6, 6.07) is -0.149.